The molecule has 0 spiro atoms. The van der Waals surface area contributed by atoms with E-state index in [0.717, 1.165) is 26.2 Å². The fourth-order valence-electron chi connectivity index (χ4n) is 0.976. The van der Waals surface area contributed by atoms with E-state index in [-0.39, 0.29) is 0 Å². The molecule has 6 nitrogen and oxygen atoms in total. The van der Waals surface area contributed by atoms with Crippen molar-refractivity contribution in [3.63, 3.8) is 0 Å². The summed E-state index contributed by atoms with van der Waals surface area (Å²) in [6.45, 7) is 6.32. The van der Waals surface area contributed by atoms with Crippen LogP contribution in [-0.4, -0.2) is 50.3 Å². The van der Waals surface area contributed by atoms with Crippen LogP contribution in [0.1, 0.15) is 6.92 Å². The van der Waals surface area contributed by atoms with Gasteiger partial charge in [0.25, 0.3) is 0 Å². The summed E-state index contributed by atoms with van der Waals surface area (Å²) in [7, 11) is 0. The first-order valence-corrected chi connectivity index (χ1v) is 5.43. The van der Waals surface area contributed by atoms with E-state index in [9.17, 15) is 4.79 Å². The number of hydrogen-bond acceptors (Lipinski definition) is 5. The molecule has 0 radical (unpaired) electrons. The summed E-state index contributed by atoms with van der Waals surface area (Å²) in [5, 5.41) is 17.9. The Balaban J connectivity index is 3.21. The molecule has 0 aromatic rings. The molecule has 0 bridgehead atoms. The predicted molar refractivity (Wildman–Crippen MR) is 64.2 cm³/mol. The fourth-order valence-corrected chi connectivity index (χ4v) is 0.976. The van der Waals surface area contributed by atoms with Crippen molar-refractivity contribution in [3.8, 4) is 0 Å². The number of nitrogens with one attached hydrogen (secondary N) is 3. The van der Waals surface area contributed by atoms with Gasteiger partial charge >= 0.3 is 5.97 Å². The summed E-state index contributed by atoms with van der Waals surface area (Å²) < 4.78 is 0. The SMILES string of the molecule is CC(=CNCCNCCNCCN)C(=O)O. The first-order chi connectivity index (χ1) is 7.68. The molecule has 6 heteroatoms. The van der Waals surface area contributed by atoms with Gasteiger partial charge in [-0.25, -0.2) is 4.79 Å². The van der Waals surface area contributed by atoms with E-state index in [0.29, 0.717) is 18.7 Å². The summed E-state index contributed by atoms with van der Waals surface area (Å²) in [5.74, 6) is -0.897. The average molecular weight is 230 g/mol. The van der Waals surface area contributed by atoms with Crippen LogP contribution in [0, 0.1) is 0 Å². The average Bonchev–Trinajstić information content (AvgIpc) is 2.26. The molecule has 0 amide bonds. The minimum atomic E-state index is -0.897. The molecular formula is C10H22N4O2. The zero-order chi connectivity index (χ0) is 12.2. The van der Waals surface area contributed by atoms with Gasteiger partial charge in [0.15, 0.2) is 0 Å². The second-order valence-electron chi connectivity index (χ2n) is 3.38. The Morgan fingerprint density at radius 1 is 1.19 bits per heavy atom. The highest BCUT2D eigenvalue weighted by atomic mass is 16.4. The summed E-state index contributed by atoms with van der Waals surface area (Å²) in [6.07, 6.45) is 1.51. The number of nitrogens with two attached hydrogens (primary N) is 1. The highest BCUT2D eigenvalue weighted by molar-refractivity contribution is 5.85. The second kappa shape index (κ2) is 10.4. The Hall–Kier alpha value is -1.11. The predicted octanol–water partition coefficient (Wildman–Crippen LogP) is -1.30. The molecule has 0 atom stereocenters. The van der Waals surface area contributed by atoms with Crippen LogP contribution >= 0.6 is 0 Å². The van der Waals surface area contributed by atoms with Crippen molar-refractivity contribution in [1.29, 1.82) is 0 Å². The standard InChI is InChI=1S/C10H22N4O2/c1-9(10(15)16)8-14-7-6-13-5-4-12-3-2-11/h8,12-14H,2-7,11H2,1H3,(H,15,16). The lowest BCUT2D eigenvalue weighted by Gasteiger charge is -2.05. The molecule has 94 valence electrons. The van der Waals surface area contributed by atoms with Crippen molar-refractivity contribution >= 4 is 5.97 Å². The lowest BCUT2D eigenvalue weighted by atomic mass is 10.3. The number of rotatable bonds is 10. The first-order valence-electron chi connectivity index (χ1n) is 5.43. The Morgan fingerprint density at radius 2 is 1.75 bits per heavy atom. The van der Waals surface area contributed by atoms with Crippen LogP contribution in [0.5, 0.6) is 0 Å². The number of aliphatic carboxylic acids is 1. The molecule has 0 rings (SSSR count). The maximum Gasteiger partial charge on any atom is 0.332 e. The number of hydrogen-bond donors (Lipinski definition) is 5. The number of carboxylic acid groups (broad SMARTS) is 1. The molecule has 0 aliphatic heterocycles. The van der Waals surface area contributed by atoms with E-state index in [1.54, 1.807) is 6.92 Å². The molecule has 0 unspecified atom stereocenters. The fraction of sp³-hybridized carbons (Fsp3) is 0.700. The Morgan fingerprint density at radius 3 is 2.31 bits per heavy atom. The van der Waals surface area contributed by atoms with E-state index < -0.39 is 5.97 Å². The number of carbonyl (C=O) groups is 1. The zero-order valence-corrected chi connectivity index (χ0v) is 9.75. The van der Waals surface area contributed by atoms with Gasteiger partial charge < -0.3 is 26.8 Å². The van der Waals surface area contributed by atoms with E-state index in [4.69, 9.17) is 10.8 Å². The molecule has 0 aromatic carbocycles. The highest BCUT2D eigenvalue weighted by Gasteiger charge is 1.96. The second-order valence-corrected chi connectivity index (χ2v) is 3.38. The van der Waals surface area contributed by atoms with Crippen LogP contribution < -0.4 is 21.7 Å². The highest BCUT2D eigenvalue weighted by Crippen LogP contribution is 1.87. The van der Waals surface area contributed by atoms with Crippen LogP contribution in [0.3, 0.4) is 0 Å². The molecule has 0 saturated carbocycles. The monoisotopic (exact) mass is 230 g/mol. The molecular weight excluding hydrogens is 208 g/mol. The smallest absolute Gasteiger partial charge is 0.332 e. The van der Waals surface area contributed by atoms with Crippen LogP contribution in [0.2, 0.25) is 0 Å². The molecule has 0 heterocycles. The molecule has 0 saturated heterocycles. The zero-order valence-electron chi connectivity index (χ0n) is 9.75. The third-order valence-electron chi connectivity index (χ3n) is 1.90. The van der Waals surface area contributed by atoms with Gasteiger partial charge in [-0.2, -0.15) is 0 Å². The maximum atomic E-state index is 10.4. The van der Waals surface area contributed by atoms with Crippen LogP contribution in [0.25, 0.3) is 0 Å². The van der Waals surface area contributed by atoms with Gasteiger partial charge in [0.1, 0.15) is 0 Å². The largest absolute Gasteiger partial charge is 0.478 e. The quantitative estimate of drug-likeness (QED) is 0.236. The van der Waals surface area contributed by atoms with Gasteiger partial charge in [-0.3, -0.25) is 0 Å². The van der Waals surface area contributed by atoms with Crippen LogP contribution in [0.15, 0.2) is 11.8 Å². The Bertz CT molecular complexity index is 219. The van der Waals surface area contributed by atoms with Crippen molar-refractivity contribution in [1.82, 2.24) is 16.0 Å². The van der Waals surface area contributed by atoms with Crippen molar-refractivity contribution < 1.29 is 9.90 Å². The summed E-state index contributed by atoms with van der Waals surface area (Å²) in [4.78, 5) is 10.4. The number of carboxylic acids is 1. The normalized spacial score (nSPS) is 11.5. The molecule has 0 aliphatic rings. The molecule has 6 N–H and O–H groups in total. The van der Waals surface area contributed by atoms with Gasteiger partial charge in [0, 0.05) is 51.0 Å². The van der Waals surface area contributed by atoms with Crippen LogP contribution in [0.4, 0.5) is 0 Å². The summed E-state index contributed by atoms with van der Waals surface area (Å²) in [5.41, 5.74) is 5.62. The third kappa shape index (κ3) is 9.45. The molecule has 0 aliphatic carbocycles. The van der Waals surface area contributed by atoms with Crippen molar-refractivity contribution in [2.45, 2.75) is 6.92 Å². The van der Waals surface area contributed by atoms with Crippen LogP contribution in [-0.2, 0) is 4.79 Å². The van der Waals surface area contributed by atoms with E-state index in [2.05, 4.69) is 16.0 Å². The summed E-state index contributed by atoms with van der Waals surface area (Å²) >= 11 is 0. The Kier molecular flexibility index (Phi) is 9.69. The van der Waals surface area contributed by atoms with E-state index in [1.807, 2.05) is 0 Å². The minimum absolute atomic E-state index is 0.310. The third-order valence-corrected chi connectivity index (χ3v) is 1.90. The van der Waals surface area contributed by atoms with Gasteiger partial charge in [0.05, 0.1) is 0 Å². The Labute approximate surface area is 96.3 Å². The van der Waals surface area contributed by atoms with Gasteiger partial charge in [-0.15, -0.1) is 0 Å². The van der Waals surface area contributed by atoms with E-state index in [1.165, 1.54) is 6.20 Å². The van der Waals surface area contributed by atoms with Crippen molar-refractivity contribution in [3.05, 3.63) is 11.8 Å². The van der Waals surface area contributed by atoms with Crippen molar-refractivity contribution in [2.24, 2.45) is 5.73 Å². The summed E-state index contributed by atoms with van der Waals surface area (Å²) in [6, 6.07) is 0. The van der Waals surface area contributed by atoms with Crippen molar-refractivity contribution in [2.75, 3.05) is 39.3 Å². The molecule has 0 aromatic heterocycles. The van der Waals surface area contributed by atoms with Gasteiger partial charge in [-0.1, -0.05) is 0 Å². The van der Waals surface area contributed by atoms with E-state index >= 15 is 0 Å². The minimum Gasteiger partial charge on any atom is -0.478 e. The molecule has 0 fully saturated rings. The lowest BCUT2D eigenvalue weighted by Crippen LogP contribution is -2.33. The topological polar surface area (TPSA) is 99.4 Å². The molecule has 16 heavy (non-hydrogen) atoms. The van der Waals surface area contributed by atoms with Gasteiger partial charge in [-0.05, 0) is 6.92 Å². The maximum absolute atomic E-state index is 10.4. The lowest BCUT2D eigenvalue weighted by molar-refractivity contribution is -0.132. The van der Waals surface area contributed by atoms with Gasteiger partial charge in [0.2, 0.25) is 0 Å². The first kappa shape index (κ1) is 14.9.